The lowest BCUT2D eigenvalue weighted by Crippen LogP contribution is -2.60. The molecule has 0 spiro atoms. The third-order valence-electron chi connectivity index (χ3n) is 6.45. The Morgan fingerprint density at radius 3 is 2.29 bits per heavy atom. The first-order valence-corrected chi connectivity index (χ1v) is 13.3. The molecular formula is C26H25FO10S. The number of carbonyl (C=O) groups excluding carboxylic acids is 1. The smallest absolute Gasteiger partial charge is 0.335 e. The number of rotatable bonds is 6. The van der Waals surface area contributed by atoms with Crippen molar-refractivity contribution in [3.63, 3.8) is 0 Å². The summed E-state index contributed by atoms with van der Waals surface area (Å²) in [6.45, 7) is 1.71. The molecule has 12 heteroatoms. The van der Waals surface area contributed by atoms with Crippen molar-refractivity contribution in [2.24, 2.45) is 0 Å². The molecule has 0 radical (unpaired) electrons. The van der Waals surface area contributed by atoms with Crippen LogP contribution in [0, 0.1) is 5.82 Å². The molecule has 2 aromatic carbocycles. The molecule has 0 unspecified atom stereocenters. The largest absolute Gasteiger partial charge is 0.479 e. The number of esters is 1. The van der Waals surface area contributed by atoms with E-state index in [4.69, 9.17) is 9.47 Å². The molecule has 0 saturated carbocycles. The fourth-order valence-electron chi connectivity index (χ4n) is 4.42. The molecule has 4 N–H and O–H groups in total. The average Bonchev–Trinajstić information content (AvgIpc) is 3.09. The summed E-state index contributed by atoms with van der Waals surface area (Å²) in [4.78, 5) is 24.3. The van der Waals surface area contributed by atoms with E-state index in [-0.39, 0.29) is 4.90 Å². The Hall–Kier alpha value is -3.42. The van der Waals surface area contributed by atoms with Crippen molar-refractivity contribution in [2.75, 3.05) is 6.26 Å². The zero-order valence-electron chi connectivity index (χ0n) is 20.2. The summed E-state index contributed by atoms with van der Waals surface area (Å²) in [5.74, 6) is -3.12. The van der Waals surface area contributed by atoms with Crippen molar-refractivity contribution < 1.29 is 52.3 Å². The van der Waals surface area contributed by atoms with Crippen molar-refractivity contribution in [1.82, 2.24) is 0 Å². The van der Waals surface area contributed by atoms with E-state index in [2.05, 4.69) is 0 Å². The molecule has 1 saturated heterocycles. The topological polar surface area (TPSA) is 168 Å². The first-order chi connectivity index (χ1) is 17.8. The fraction of sp³-hybridized carbons (Fsp3) is 0.308. The molecule has 1 aliphatic heterocycles. The molecule has 10 nitrogen and oxygen atoms in total. The maximum Gasteiger partial charge on any atom is 0.335 e. The minimum Gasteiger partial charge on any atom is -0.479 e. The van der Waals surface area contributed by atoms with Gasteiger partial charge in [0.2, 0.25) is 6.29 Å². The van der Waals surface area contributed by atoms with Crippen LogP contribution in [0.4, 0.5) is 4.39 Å². The maximum absolute atomic E-state index is 14.2. The van der Waals surface area contributed by atoms with Gasteiger partial charge in [-0.05, 0) is 70.7 Å². The monoisotopic (exact) mass is 548 g/mol. The van der Waals surface area contributed by atoms with Crippen LogP contribution >= 0.6 is 0 Å². The summed E-state index contributed by atoms with van der Waals surface area (Å²) < 4.78 is 47.8. The van der Waals surface area contributed by atoms with Gasteiger partial charge in [0, 0.05) is 6.26 Å². The number of aliphatic hydroxyl groups is 3. The molecule has 202 valence electrons. The van der Waals surface area contributed by atoms with E-state index in [1.165, 1.54) is 24.3 Å². The van der Waals surface area contributed by atoms with Gasteiger partial charge in [-0.25, -0.2) is 17.6 Å². The Morgan fingerprint density at radius 1 is 1.03 bits per heavy atom. The molecule has 0 bridgehead atoms. The van der Waals surface area contributed by atoms with E-state index in [0.29, 0.717) is 33.4 Å². The predicted octanol–water partition coefficient (Wildman–Crippen LogP) is 1.38. The number of hydrogen-bond acceptors (Lipinski definition) is 9. The van der Waals surface area contributed by atoms with Crippen molar-refractivity contribution in [2.45, 2.75) is 48.9 Å². The summed E-state index contributed by atoms with van der Waals surface area (Å²) in [5.41, 5.74) is 3.38. The second-order valence-electron chi connectivity index (χ2n) is 9.09. The number of aliphatic hydroxyl groups excluding tert-OH is 3. The predicted molar refractivity (Wildman–Crippen MR) is 131 cm³/mol. The van der Waals surface area contributed by atoms with E-state index in [9.17, 15) is 42.8 Å². The molecule has 2 aliphatic rings. The van der Waals surface area contributed by atoms with Crippen molar-refractivity contribution in [1.29, 1.82) is 0 Å². The van der Waals surface area contributed by atoms with Crippen molar-refractivity contribution in [3.05, 3.63) is 70.5 Å². The van der Waals surface area contributed by atoms with Crippen molar-refractivity contribution >= 4 is 39.0 Å². The maximum atomic E-state index is 14.2. The number of carboxylic acids is 1. The van der Waals surface area contributed by atoms with Gasteiger partial charge in [0.05, 0.1) is 11.3 Å². The van der Waals surface area contributed by atoms with E-state index in [0.717, 1.165) is 6.26 Å². The van der Waals surface area contributed by atoms with Crippen LogP contribution in [0.5, 0.6) is 0 Å². The van der Waals surface area contributed by atoms with E-state index >= 15 is 0 Å². The highest BCUT2D eigenvalue weighted by molar-refractivity contribution is 7.90. The second-order valence-corrected chi connectivity index (χ2v) is 11.1. The number of carbonyl (C=O) groups is 2. The molecule has 5 atom stereocenters. The van der Waals surface area contributed by atoms with E-state index in [1.807, 2.05) is 0 Å². The number of fused-ring (bicyclic) bond motifs is 1. The first-order valence-electron chi connectivity index (χ1n) is 11.4. The summed E-state index contributed by atoms with van der Waals surface area (Å²) >= 11 is 0. The fourth-order valence-corrected chi connectivity index (χ4v) is 5.05. The number of aliphatic carboxylic acids is 1. The number of benzene rings is 2. The van der Waals surface area contributed by atoms with Gasteiger partial charge in [0.25, 0.3) is 0 Å². The molecule has 0 amide bonds. The SMILES string of the molecule is CC1=C(CC(=O)O[C@@H]2O[C@H](C(=O)O)[C@@H](O)[C@H](O)[C@H]2O)c2cc(F)ccc2/C1=C\c1ccc(S(C)(=O)=O)cc1. The van der Waals surface area contributed by atoms with Gasteiger partial charge in [0.15, 0.2) is 15.9 Å². The van der Waals surface area contributed by atoms with Crippen LogP contribution in [0.15, 0.2) is 52.9 Å². The summed E-state index contributed by atoms with van der Waals surface area (Å²) in [7, 11) is -3.38. The van der Waals surface area contributed by atoms with Crippen LogP contribution < -0.4 is 0 Å². The van der Waals surface area contributed by atoms with Gasteiger partial charge in [-0.2, -0.15) is 0 Å². The Bertz CT molecular complexity index is 1440. The second kappa shape index (κ2) is 10.4. The number of hydrogen-bond donors (Lipinski definition) is 4. The van der Waals surface area contributed by atoms with Gasteiger partial charge in [-0.3, -0.25) is 4.79 Å². The van der Waals surface area contributed by atoms with Crippen molar-refractivity contribution in [3.8, 4) is 0 Å². The Kier molecular flexibility index (Phi) is 7.55. The highest BCUT2D eigenvalue weighted by Crippen LogP contribution is 2.44. The van der Waals surface area contributed by atoms with Crippen LogP contribution in [0.3, 0.4) is 0 Å². The van der Waals surface area contributed by atoms with Crippen LogP contribution in [-0.2, 0) is 28.9 Å². The quantitative estimate of drug-likeness (QED) is 0.387. The minimum atomic E-state index is -3.38. The van der Waals surface area contributed by atoms with Gasteiger partial charge in [-0.15, -0.1) is 0 Å². The number of allylic oxidation sites excluding steroid dienone is 2. The highest BCUT2D eigenvalue weighted by atomic mass is 32.2. The van der Waals surface area contributed by atoms with Gasteiger partial charge in [-0.1, -0.05) is 18.2 Å². The van der Waals surface area contributed by atoms with Gasteiger partial charge >= 0.3 is 11.9 Å². The molecule has 1 aliphatic carbocycles. The van der Waals surface area contributed by atoms with Gasteiger partial charge < -0.3 is 29.9 Å². The highest BCUT2D eigenvalue weighted by Gasteiger charge is 2.48. The summed E-state index contributed by atoms with van der Waals surface area (Å²) in [5, 5.41) is 39.0. The zero-order valence-corrected chi connectivity index (χ0v) is 21.1. The lowest BCUT2D eigenvalue weighted by molar-refractivity contribution is -0.286. The average molecular weight is 549 g/mol. The number of ether oxygens (including phenoxy) is 2. The first kappa shape index (κ1) is 27.6. The lowest BCUT2D eigenvalue weighted by atomic mass is 9.99. The summed E-state index contributed by atoms with van der Waals surface area (Å²) in [6.07, 6.45) is -7.12. The number of sulfone groups is 1. The Balaban J connectivity index is 1.62. The molecule has 0 aromatic heterocycles. The van der Waals surface area contributed by atoms with E-state index in [1.54, 1.807) is 31.2 Å². The molecule has 1 heterocycles. The molecule has 38 heavy (non-hydrogen) atoms. The Labute approximate surface area is 217 Å². The van der Waals surface area contributed by atoms with Crippen LogP contribution in [0.2, 0.25) is 0 Å². The lowest BCUT2D eigenvalue weighted by Gasteiger charge is -2.38. The standard InChI is InChI=1S/C26H25FO10S/c1-12-17(9-13-3-6-15(7-4-13)38(2,34)35)16-8-5-14(27)10-19(16)18(12)11-20(28)36-26-23(31)21(29)22(30)24(37-26)25(32)33/h3-10,21-24,26,29-31H,11H2,1-2H3,(H,32,33)/b17-9-/t21-,22-,23+,24-,26+/m0/s1. The molecule has 1 fully saturated rings. The minimum absolute atomic E-state index is 0.152. The summed E-state index contributed by atoms with van der Waals surface area (Å²) in [6, 6.07) is 10.2. The molecule has 2 aromatic rings. The van der Waals surface area contributed by atoms with Crippen LogP contribution in [0.1, 0.15) is 30.0 Å². The third kappa shape index (κ3) is 5.40. The van der Waals surface area contributed by atoms with E-state index < -0.39 is 64.7 Å². The Morgan fingerprint density at radius 2 is 1.68 bits per heavy atom. The van der Waals surface area contributed by atoms with Gasteiger partial charge in [0.1, 0.15) is 24.1 Å². The zero-order chi connectivity index (χ0) is 27.9. The normalized spacial score (nSPS) is 26.4. The number of halogens is 1. The van der Waals surface area contributed by atoms with Crippen LogP contribution in [-0.4, -0.2) is 77.7 Å². The number of carboxylic acid groups (broad SMARTS) is 1. The third-order valence-corrected chi connectivity index (χ3v) is 7.58. The molecule has 4 rings (SSSR count). The molecular weight excluding hydrogens is 523 g/mol. The van der Waals surface area contributed by atoms with Crippen LogP contribution in [0.25, 0.3) is 17.2 Å².